The molecule has 0 saturated heterocycles. The van der Waals surface area contributed by atoms with E-state index in [2.05, 4.69) is 0 Å². The lowest BCUT2D eigenvalue weighted by atomic mass is 9.81. The standard InChI is InChI=1S/C18H8N4O12/c23-13-5-2-1-3-6(19-15(25)17(27)28)9(5)14(24)10-7(21(31)32)4-8(22(33)34)12(11(10)13)20-16(26)18(29)30/h1-4H,(H,19,25)(H,20,26)(H,27,28)(H,29,30). The van der Waals surface area contributed by atoms with Crippen molar-refractivity contribution in [1.82, 2.24) is 0 Å². The molecule has 0 heterocycles. The number of carbonyl (C=O) groups is 6. The number of ketones is 2. The Morgan fingerprint density at radius 2 is 1.32 bits per heavy atom. The lowest BCUT2D eigenvalue weighted by Gasteiger charge is -2.22. The fraction of sp³-hybridized carbons (Fsp3) is 0. The average molecular weight is 472 g/mol. The molecule has 0 unspecified atom stereocenters. The first-order valence-corrected chi connectivity index (χ1v) is 8.67. The van der Waals surface area contributed by atoms with E-state index in [1.54, 1.807) is 5.32 Å². The first-order chi connectivity index (χ1) is 15.9. The third-order valence-corrected chi connectivity index (χ3v) is 4.54. The van der Waals surface area contributed by atoms with Gasteiger partial charge in [0.2, 0.25) is 5.78 Å². The minimum Gasteiger partial charge on any atom is -0.474 e. The number of nitro groups is 2. The predicted molar refractivity (Wildman–Crippen MR) is 106 cm³/mol. The van der Waals surface area contributed by atoms with Crippen molar-refractivity contribution in [2.24, 2.45) is 0 Å². The highest BCUT2D eigenvalue weighted by atomic mass is 16.6. The largest absolute Gasteiger partial charge is 0.474 e. The minimum atomic E-state index is -2.12. The Kier molecular flexibility index (Phi) is 5.57. The number of anilines is 2. The van der Waals surface area contributed by atoms with Gasteiger partial charge in [0.15, 0.2) is 5.78 Å². The molecule has 0 atom stereocenters. The van der Waals surface area contributed by atoms with E-state index >= 15 is 0 Å². The van der Waals surface area contributed by atoms with Crippen LogP contribution in [-0.2, 0) is 19.2 Å². The number of fused-ring (bicyclic) bond motifs is 2. The van der Waals surface area contributed by atoms with E-state index < -0.39 is 90.2 Å². The molecule has 16 heteroatoms. The monoisotopic (exact) mass is 472 g/mol. The van der Waals surface area contributed by atoms with E-state index in [0.29, 0.717) is 0 Å². The van der Waals surface area contributed by atoms with Gasteiger partial charge in [-0.3, -0.25) is 39.4 Å². The third-order valence-electron chi connectivity index (χ3n) is 4.54. The van der Waals surface area contributed by atoms with Gasteiger partial charge in [-0.15, -0.1) is 0 Å². The van der Waals surface area contributed by atoms with Crippen LogP contribution in [0.1, 0.15) is 31.8 Å². The molecule has 16 nitrogen and oxygen atoms in total. The van der Waals surface area contributed by atoms with Gasteiger partial charge >= 0.3 is 23.8 Å². The van der Waals surface area contributed by atoms with Crippen LogP contribution < -0.4 is 10.6 Å². The number of rotatable bonds is 4. The third kappa shape index (κ3) is 3.66. The maximum absolute atomic E-state index is 13.2. The lowest BCUT2D eigenvalue weighted by Crippen LogP contribution is -2.30. The van der Waals surface area contributed by atoms with Crippen LogP contribution in [0.3, 0.4) is 0 Å². The number of nitrogens with zero attached hydrogens (tertiary/aromatic N) is 2. The molecule has 0 aliphatic heterocycles. The lowest BCUT2D eigenvalue weighted by molar-refractivity contribution is -0.393. The number of carboxylic acid groups (broad SMARTS) is 2. The van der Waals surface area contributed by atoms with Crippen LogP contribution in [0.4, 0.5) is 22.7 Å². The van der Waals surface area contributed by atoms with Gasteiger partial charge in [0.1, 0.15) is 11.3 Å². The SMILES string of the molecule is O=C(O)C(=O)Nc1cccc2c1C(=O)c1c([N+](=O)[O-])cc([N+](=O)[O-])c(NC(=O)C(=O)O)c1C2=O. The summed E-state index contributed by atoms with van der Waals surface area (Å²) >= 11 is 0. The highest BCUT2D eigenvalue weighted by Crippen LogP contribution is 2.44. The number of amides is 2. The zero-order valence-electron chi connectivity index (χ0n) is 16.2. The second-order valence-corrected chi connectivity index (χ2v) is 6.46. The average Bonchev–Trinajstić information content (AvgIpc) is 2.76. The summed E-state index contributed by atoms with van der Waals surface area (Å²) in [7, 11) is 0. The van der Waals surface area contributed by atoms with Crippen LogP contribution in [0.25, 0.3) is 0 Å². The molecule has 0 aromatic heterocycles. The van der Waals surface area contributed by atoms with Crippen molar-refractivity contribution in [3.8, 4) is 0 Å². The van der Waals surface area contributed by atoms with Gasteiger partial charge in [0.25, 0.3) is 11.4 Å². The van der Waals surface area contributed by atoms with E-state index in [1.807, 2.05) is 5.32 Å². The van der Waals surface area contributed by atoms with Gasteiger partial charge in [-0.1, -0.05) is 12.1 Å². The topological polar surface area (TPSA) is 253 Å². The molecule has 2 aromatic rings. The summed E-state index contributed by atoms with van der Waals surface area (Å²) < 4.78 is 0. The highest BCUT2D eigenvalue weighted by molar-refractivity contribution is 6.40. The van der Waals surface area contributed by atoms with E-state index in [-0.39, 0.29) is 6.07 Å². The molecular weight excluding hydrogens is 464 g/mol. The number of hydrogen-bond acceptors (Lipinski definition) is 10. The zero-order valence-corrected chi connectivity index (χ0v) is 16.2. The van der Waals surface area contributed by atoms with Crippen LogP contribution in [0.15, 0.2) is 24.3 Å². The van der Waals surface area contributed by atoms with Gasteiger partial charge in [0.05, 0.1) is 32.7 Å². The van der Waals surface area contributed by atoms with Crippen molar-refractivity contribution < 1.29 is 48.8 Å². The molecule has 0 saturated carbocycles. The number of carboxylic acids is 2. The number of hydrogen-bond donors (Lipinski definition) is 4. The molecule has 1 aliphatic carbocycles. The number of aliphatic carboxylic acids is 2. The Balaban J connectivity index is 2.40. The highest BCUT2D eigenvalue weighted by Gasteiger charge is 2.43. The quantitative estimate of drug-likeness (QED) is 0.227. The molecule has 0 bridgehead atoms. The molecule has 0 spiro atoms. The molecule has 34 heavy (non-hydrogen) atoms. The fourth-order valence-corrected chi connectivity index (χ4v) is 3.22. The Hall–Kier alpha value is -5.54. The second-order valence-electron chi connectivity index (χ2n) is 6.46. The molecule has 2 amide bonds. The van der Waals surface area contributed by atoms with E-state index in [1.165, 1.54) is 0 Å². The summed E-state index contributed by atoms with van der Waals surface area (Å²) in [6.45, 7) is 0. The van der Waals surface area contributed by atoms with E-state index in [9.17, 15) is 49.0 Å². The van der Waals surface area contributed by atoms with Crippen molar-refractivity contribution in [3.63, 3.8) is 0 Å². The van der Waals surface area contributed by atoms with Crippen molar-refractivity contribution in [1.29, 1.82) is 0 Å². The number of nitrogens with one attached hydrogen (secondary N) is 2. The molecule has 172 valence electrons. The summed E-state index contributed by atoms with van der Waals surface area (Å²) in [5, 5.41) is 44.2. The normalized spacial score (nSPS) is 11.6. The van der Waals surface area contributed by atoms with Gasteiger partial charge in [0, 0.05) is 5.56 Å². The molecule has 0 radical (unpaired) electrons. The fourth-order valence-electron chi connectivity index (χ4n) is 3.22. The molecule has 0 fully saturated rings. The maximum atomic E-state index is 13.2. The van der Waals surface area contributed by atoms with Crippen LogP contribution in [0, 0.1) is 20.2 Å². The molecular formula is C18H8N4O12. The molecule has 2 aromatic carbocycles. The van der Waals surface area contributed by atoms with Crippen LogP contribution in [0.5, 0.6) is 0 Å². The number of benzene rings is 2. The van der Waals surface area contributed by atoms with Crippen LogP contribution in [0.2, 0.25) is 0 Å². The summed E-state index contributed by atoms with van der Waals surface area (Å²) in [5.41, 5.74) is -7.29. The molecule has 3 rings (SSSR count). The Morgan fingerprint density at radius 3 is 1.85 bits per heavy atom. The summed E-state index contributed by atoms with van der Waals surface area (Å²) in [6.07, 6.45) is 0. The van der Waals surface area contributed by atoms with Crippen molar-refractivity contribution in [3.05, 3.63) is 66.7 Å². The van der Waals surface area contributed by atoms with Crippen LogP contribution >= 0.6 is 0 Å². The predicted octanol–water partition coefficient (Wildman–Crippen LogP) is 0.325. The zero-order chi connectivity index (χ0) is 25.5. The Morgan fingerprint density at radius 1 is 0.765 bits per heavy atom. The van der Waals surface area contributed by atoms with E-state index in [0.717, 1.165) is 18.2 Å². The van der Waals surface area contributed by atoms with Gasteiger partial charge in [-0.25, -0.2) is 9.59 Å². The number of nitro benzene ring substituents is 2. The van der Waals surface area contributed by atoms with Crippen molar-refractivity contribution >= 4 is 58.1 Å². The molecule has 1 aliphatic rings. The van der Waals surface area contributed by atoms with Gasteiger partial charge in [-0.2, -0.15) is 0 Å². The van der Waals surface area contributed by atoms with Gasteiger partial charge < -0.3 is 20.8 Å². The summed E-state index contributed by atoms with van der Waals surface area (Å²) in [6, 6.07) is 3.39. The first-order valence-electron chi connectivity index (χ1n) is 8.67. The van der Waals surface area contributed by atoms with Crippen LogP contribution in [-0.4, -0.2) is 55.4 Å². The number of carbonyl (C=O) groups excluding carboxylic acids is 4. The first kappa shape index (κ1) is 23.1. The van der Waals surface area contributed by atoms with Crippen molar-refractivity contribution in [2.45, 2.75) is 0 Å². The van der Waals surface area contributed by atoms with Gasteiger partial charge in [-0.05, 0) is 6.07 Å². The summed E-state index contributed by atoms with van der Waals surface area (Å²) in [5.74, 6) is -10.1. The molecule has 4 N–H and O–H groups in total. The Bertz CT molecular complexity index is 1390. The smallest absolute Gasteiger partial charge is 0.394 e. The summed E-state index contributed by atoms with van der Waals surface area (Å²) in [4.78, 5) is 92.2. The van der Waals surface area contributed by atoms with E-state index in [4.69, 9.17) is 10.2 Å². The van der Waals surface area contributed by atoms with Crippen molar-refractivity contribution in [2.75, 3.05) is 10.6 Å². The minimum absolute atomic E-state index is 0.255. The maximum Gasteiger partial charge on any atom is 0.394 e. The Labute approximate surface area is 185 Å². The second kappa shape index (κ2) is 8.19.